The number of amides is 1. The lowest BCUT2D eigenvalue weighted by Gasteiger charge is -2.22. The van der Waals surface area contributed by atoms with E-state index in [0.717, 1.165) is 0 Å². The van der Waals surface area contributed by atoms with Gasteiger partial charge in [-0.05, 0) is 32.4 Å². The molecular weight excluding hydrogens is 408 g/mol. The molecular formula is C20H26N4O5S. The van der Waals surface area contributed by atoms with E-state index < -0.39 is 16.0 Å². The van der Waals surface area contributed by atoms with Gasteiger partial charge >= 0.3 is 5.97 Å². The molecule has 0 radical (unpaired) electrons. The van der Waals surface area contributed by atoms with Gasteiger partial charge in [-0.1, -0.05) is 12.1 Å². The molecule has 0 unspecified atom stereocenters. The minimum atomic E-state index is -3.73. The predicted octanol–water partition coefficient (Wildman–Crippen LogP) is 1.36. The molecule has 0 aliphatic carbocycles. The normalized spacial score (nSPS) is 15.7. The first-order chi connectivity index (χ1) is 14.2. The van der Waals surface area contributed by atoms with Gasteiger partial charge < -0.3 is 9.64 Å². The van der Waals surface area contributed by atoms with Crippen molar-refractivity contribution in [3.8, 4) is 0 Å². The summed E-state index contributed by atoms with van der Waals surface area (Å²) in [7, 11) is -0.751. The van der Waals surface area contributed by atoms with Crippen LogP contribution in [0.5, 0.6) is 0 Å². The lowest BCUT2D eigenvalue weighted by molar-refractivity contribution is 0.0590. The number of sulfonamides is 1. The van der Waals surface area contributed by atoms with Crippen molar-refractivity contribution in [1.29, 1.82) is 0 Å². The van der Waals surface area contributed by atoms with Gasteiger partial charge in [0.05, 0.1) is 29.6 Å². The molecule has 1 aromatic heterocycles. The van der Waals surface area contributed by atoms with Gasteiger partial charge in [-0.2, -0.15) is 9.40 Å². The Morgan fingerprint density at radius 2 is 1.70 bits per heavy atom. The molecule has 0 spiro atoms. The molecule has 0 atom stereocenters. The van der Waals surface area contributed by atoms with E-state index >= 15 is 0 Å². The van der Waals surface area contributed by atoms with Gasteiger partial charge in [0.2, 0.25) is 10.0 Å². The van der Waals surface area contributed by atoms with Crippen molar-refractivity contribution in [1.82, 2.24) is 19.0 Å². The molecule has 1 amide bonds. The fourth-order valence-corrected chi connectivity index (χ4v) is 5.59. The van der Waals surface area contributed by atoms with E-state index in [2.05, 4.69) is 5.10 Å². The second-order valence-electron chi connectivity index (χ2n) is 7.21. The maximum atomic E-state index is 13.2. The average Bonchev–Trinajstić information content (AvgIpc) is 2.90. The number of hydrogen-bond donors (Lipinski definition) is 0. The zero-order valence-corrected chi connectivity index (χ0v) is 18.4. The van der Waals surface area contributed by atoms with E-state index in [0.29, 0.717) is 30.9 Å². The van der Waals surface area contributed by atoms with Crippen LogP contribution < -0.4 is 0 Å². The molecule has 9 nitrogen and oxygen atoms in total. The molecule has 1 aliphatic rings. The number of aromatic nitrogens is 2. The van der Waals surface area contributed by atoms with Gasteiger partial charge in [0, 0.05) is 33.2 Å². The topological polar surface area (TPSA) is 102 Å². The first kappa shape index (κ1) is 22.0. The van der Waals surface area contributed by atoms with E-state index in [9.17, 15) is 18.0 Å². The first-order valence-electron chi connectivity index (χ1n) is 9.65. The number of carbonyl (C=O) groups is 2. The van der Waals surface area contributed by atoms with Gasteiger partial charge in [0.15, 0.2) is 0 Å². The fraction of sp³-hybridized carbons (Fsp3) is 0.450. The molecule has 2 aromatic rings. The van der Waals surface area contributed by atoms with Crippen molar-refractivity contribution in [2.24, 2.45) is 7.05 Å². The van der Waals surface area contributed by atoms with E-state index in [1.54, 1.807) is 54.7 Å². The predicted molar refractivity (Wildman–Crippen MR) is 110 cm³/mol. The van der Waals surface area contributed by atoms with Crippen LogP contribution in [0.1, 0.15) is 38.5 Å². The fourth-order valence-electron chi connectivity index (χ4n) is 3.72. The zero-order valence-electron chi connectivity index (χ0n) is 17.6. The van der Waals surface area contributed by atoms with Gasteiger partial charge in [-0.25, -0.2) is 13.2 Å². The summed E-state index contributed by atoms with van der Waals surface area (Å²) in [6, 6.07) is 6.47. The minimum absolute atomic E-state index is 0.169. The Kier molecular flexibility index (Phi) is 6.27. The summed E-state index contributed by atoms with van der Waals surface area (Å²) in [6.45, 7) is 4.50. The third-order valence-corrected chi connectivity index (χ3v) is 7.50. The molecule has 10 heteroatoms. The second-order valence-corrected chi connectivity index (χ2v) is 9.09. The van der Waals surface area contributed by atoms with Crippen LogP contribution in [-0.2, 0) is 21.8 Å². The molecule has 0 bridgehead atoms. The number of esters is 1. The Hall–Kier alpha value is -2.72. The van der Waals surface area contributed by atoms with Crippen molar-refractivity contribution in [2.45, 2.75) is 25.2 Å². The molecule has 1 fully saturated rings. The van der Waals surface area contributed by atoms with E-state index in [4.69, 9.17) is 4.74 Å². The van der Waals surface area contributed by atoms with Gasteiger partial charge in [0.25, 0.3) is 5.91 Å². The molecule has 1 aromatic carbocycles. The first-order valence-corrected chi connectivity index (χ1v) is 11.1. The highest BCUT2D eigenvalue weighted by Gasteiger charge is 2.33. The number of ether oxygens (including phenoxy) is 1. The lowest BCUT2D eigenvalue weighted by atomic mass is 10.1. The maximum absolute atomic E-state index is 13.2. The summed E-state index contributed by atoms with van der Waals surface area (Å²) in [5, 5.41) is 4.21. The maximum Gasteiger partial charge on any atom is 0.338 e. The monoisotopic (exact) mass is 434 g/mol. The third kappa shape index (κ3) is 3.97. The number of carbonyl (C=O) groups excluding carboxylic acids is 2. The van der Waals surface area contributed by atoms with Crippen LogP contribution in [0.3, 0.4) is 0 Å². The summed E-state index contributed by atoms with van der Waals surface area (Å²) < 4.78 is 34.2. The number of benzene rings is 1. The Bertz CT molecular complexity index is 1080. The molecule has 1 aliphatic heterocycles. The Morgan fingerprint density at radius 1 is 1.03 bits per heavy atom. The highest BCUT2D eigenvalue weighted by molar-refractivity contribution is 7.89. The number of methoxy groups -OCH3 is 1. The van der Waals surface area contributed by atoms with E-state index in [-0.39, 0.29) is 35.0 Å². The number of rotatable bonds is 4. The van der Waals surface area contributed by atoms with E-state index in [1.165, 1.54) is 11.4 Å². The quantitative estimate of drug-likeness (QED) is 0.674. The largest absolute Gasteiger partial charge is 0.465 e. The number of aryl methyl sites for hydroxylation is 2. The summed E-state index contributed by atoms with van der Waals surface area (Å²) in [5.41, 5.74) is 1.48. The molecule has 1 saturated heterocycles. The zero-order chi connectivity index (χ0) is 22.1. The molecule has 0 saturated carbocycles. The smallest absolute Gasteiger partial charge is 0.338 e. The molecule has 30 heavy (non-hydrogen) atoms. The SMILES string of the molecule is COC(=O)c1ccccc1C(=O)N1CCCN(S(=O)(=O)c2c(C)nn(C)c2C)CC1. The number of hydrogen-bond acceptors (Lipinski definition) is 6. The molecule has 2 heterocycles. The Balaban J connectivity index is 1.82. The van der Waals surface area contributed by atoms with Gasteiger partial charge in [-0.3, -0.25) is 9.48 Å². The minimum Gasteiger partial charge on any atom is -0.465 e. The molecule has 162 valence electrons. The van der Waals surface area contributed by atoms with Crippen molar-refractivity contribution in [3.05, 3.63) is 46.8 Å². The van der Waals surface area contributed by atoms with Crippen LogP contribution in [0.4, 0.5) is 0 Å². The highest BCUT2D eigenvalue weighted by atomic mass is 32.2. The molecule has 3 rings (SSSR count). The van der Waals surface area contributed by atoms with Crippen LogP contribution >= 0.6 is 0 Å². The number of nitrogens with zero attached hydrogens (tertiary/aromatic N) is 4. The summed E-state index contributed by atoms with van der Waals surface area (Å²) in [5.74, 6) is -0.899. The van der Waals surface area contributed by atoms with Crippen LogP contribution in [0.25, 0.3) is 0 Å². The van der Waals surface area contributed by atoms with Crippen LogP contribution in [0.15, 0.2) is 29.2 Å². The standard InChI is InChI=1S/C20H26N4O5S/c1-14-18(15(2)22(3)21-14)30(27,28)24-11-7-10-23(12-13-24)19(25)16-8-5-6-9-17(16)20(26)29-4/h5-6,8-9H,7,10-13H2,1-4H3. The summed E-state index contributed by atoms with van der Waals surface area (Å²) in [6.07, 6.45) is 0.490. The Morgan fingerprint density at radius 3 is 2.30 bits per heavy atom. The lowest BCUT2D eigenvalue weighted by Crippen LogP contribution is -2.38. The van der Waals surface area contributed by atoms with Crippen LogP contribution in [0, 0.1) is 13.8 Å². The van der Waals surface area contributed by atoms with Gasteiger partial charge in [-0.15, -0.1) is 0 Å². The van der Waals surface area contributed by atoms with Crippen LogP contribution in [-0.4, -0.2) is 72.6 Å². The van der Waals surface area contributed by atoms with Crippen molar-refractivity contribution >= 4 is 21.9 Å². The summed E-state index contributed by atoms with van der Waals surface area (Å²) in [4.78, 5) is 26.9. The van der Waals surface area contributed by atoms with E-state index in [1.807, 2.05) is 0 Å². The molecule has 0 N–H and O–H groups in total. The summed E-state index contributed by atoms with van der Waals surface area (Å²) >= 11 is 0. The van der Waals surface area contributed by atoms with Crippen molar-refractivity contribution in [2.75, 3.05) is 33.3 Å². The average molecular weight is 435 g/mol. The van der Waals surface area contributed by atoms with Crippen LogP contribution in [0.2, 0.25) is 0 Å². The van der Waals surface area contributed by atoms with Crippen molar-refractivity contribution in [3.63, 3.8) is 0 Å². The van der Waals surface area contributed by atoms with Crippen molar-refractivity contribution < 1.29 is 22.7 Å². The highest BCUT2D eigenvalue weighted by Crippen LogP contribution is 2.24. The third-order valence-electron chi connectivity index (χ3n) is 5.35. The second kappa shape index (κ2) is 8.57. The Labute approximate surface area is 176 Å². The van der Waals surface area contributed by atoms with Gasteiger partial charge in [0.1, 0.15) is 4.90 Å².